The first-order valence-corrected chi connectivity index (χ1v) is 7.70. The van der Waals surface area contributed by atoms with E-state index in [1.807, 2.05) is 31.2 Å². The number of nitrogens with zero attached hydrogens (tertiary/aromatic N) is 2. The zero-order chi connectivity index (χ0) is 18.0. The Morgan fingerprint density at radius 2 is 1.88 bits per heavy atom. The normalized spacial score (nSPS) is 11.1. The molecule has 0 aliphatic carbocycles. The van der Waals surface area contributed by atoms with Crippen LogP contribution in [0.2, 0.25) is 0 Å². The van der Waals surface area contributed by atoms with E-state index in [-0.39, 0.29) is 11.1 Å². The highest BCUT2D eigenvalue weighted by atomic mass is 16.4. The molecule has 6 nitrogen and oxygen atoms in total. The molecule has 1 aromatic heterocycles. The molecule has 0 amide bonds. The summed E-state index contributed by atoms with van der Waals surface area (Å²) in [6.07, 6.45) is 1.44. The van der Waals surface area contributed by atoms with Gasteiger partial charge in [-0.25, -0.2) is 4.68 Å². The molecule has 6 heteroatoms. The first-order valence-electron chi connectivity index (χ1n) is 7.70. The average molecular weight is 334 g/mol. The highest BCUT2D eigenvalue weighted by molar-refractivity contribution is 5.88. The van der Waals surface area contributed by atoms with E-state index < -0.39 is 5.97 Å². The van der Waals surface area contributed by atoms with Gasteiger partial charge in [0.05, 0.1) is 22.9 Å². The van der Waals surface area contributed by atoms with Crippen LogP contribution in [0.15, 0.2) is 58.3 Å². The van der Waals surface area contributed by atoms with E-state index in [0.717, 1.165) is 11.3 Å². The maximum absolute atomic E-state index is 12.6. The Hall–Kier alpha value is -3.41. The third-order valence-corrected chi connectivity index (χ3v) is 3.83. The number of aliphatic imine (C=N–C) groups is 1. The highest BCUT2D eigenvalue weighted by Gasteiger charge is 2.10. The SMILES string of the molecule is Cc1ccc(-n2[nH]c(C)c(C=Nc3cccc(C(=O)[O-])c3)c2=O)cc1. The molecule has 0 saturated heterocycles. The van der Waals surface area contributed by atoms with E-state index in [4.69, 9.17) is 0 Å². The van der Waals surface area contributed by atoms with E-state index in [2.05, 4.69) is 10.1 Å². The summed E-state index contributed by atoms with van der Waals surface area (Å²) in [5, 5.41) is 13.9. The number of carboxylic acid groups (broad SMARTS) is 1. The summed E-state index contributed by atoms with van der Waals surface area (Å²) in [4.78, 5) is 27.7. The smallest absolute Gasteiger partial charge is 0.280 e. The lowest BCUT2D eigenvalue weighted by molar-refractivity contribution is -0.255. The van der Waals surface area contributed by atoms with Gasteiger partial charge in [-0.2, -0.15) is 0 Å². The predicted molar refractivity (Wildman–Crippen MR) is 93.9 cm³/mol. The average Bonchev–Trinajstić information content (AvgIpc) is 2.88. The van der Waals surface area contributed by atoms with Crippen molar-refractivity contribution in [3.63, 3.8) is 0 Å². The van der Waals surface area contributed by atoms with Gasteiger partial charge in [-0.05, 0) is 43.7 Å². The Bertz CT molecular complexity index is 1010. The number of benzene rings is 2. The topological polar surface area (TPSA) is 90.3 Å². The molecular formula is C19H16N3O3-. The Labute approximate surface area is 144 Å². The number of H-pyrrole nitrogens is 1. The van der Waals surface area contributed by atoms with Gasteiger partial charge in [0.15, 0.2) is 0 Å². The molecule has 0 bridgehead atoms. The van der Waals surface area contributed by atoms with Crippen molar-refractivity contribution in [3.8, 4) is 5.69 Å². The number of aromatic nitrogens is 2. The maximum atomic E-state index is 12.6. The van der Waals surface area contributed by atoms with Crippen LogP contribution in [0.1, 0.15) is 27.2 Å². The molecular weight excluding hydrogens is 318 g/mol. The molecule has 0 fully saturated rings. The molecule has 3 aromatic rings. The van der Waals surface area contributed by atoms with Gasteiger partial charge < -0.3 is 9.90 Å². The van der Waals surface area contributed by atoms with E-state index >= 15 is 0 Å². The number of aromatic carboxylic acids is 1. The largest absolute Gasteiger partial charge is 0.545 e. The van der Waals surface area contributed by atoms with Crippen molar-refractivity contribution in [2.45, 2.75) is 13.8 Å². The van der Waals surface area contributed by atoms with Crippen molar-refractivity contribution in [2.75, 3.05) is 0 Å². The summed E-state index contributed by atoms with van der Waals surface area (Å²) >= 11 is 0. The number of nitrogens with one attached hydrogen (secondary N) is 1. The van der Waals surface area contributed by atoms with Crippen LogP contribution >= 0.6 is 0 Å². The van der Waals surface area contributed by atoms with Crippen molar-refractivity contribution in [3.05, 3.63) is 81.3 Å². The van der Waals surface area contributed by atoms with Crippen molar-refractivity contribution in [1.29, 1.82) is 0 Å². The number of carbonyl (C=O) groups is 1. The fraction of sp³-hybridized carbons (Fsp3) is 0.105. The number of carboxylic acids is 1. The van der Waals surface area contributed by atoms with Crippen molar-refractivity contribution in [1.82, 2.24) is 9.78 Å². The number of hydrogen-bond acceptors (Lipinski definition) is 4. The van der Waals surface area contributed by atoms with Crippen molar-refractivity contribution in [2.24, 2.45) is 4.99 Å². The molecule has 0 spiro atoms. The minimum absolute atomic E-state index is 0.0394. The zero-order valence-corrected chi connectivity index (χ0v) is 13.8. The van der Waals surface area contributed by atoms with Crippen LogP contribution in [0.4, 0.5) is 5.69 Å². The van der Waals surface area contributed by atoms with E-state index in [1.165, 1.54) is 23.0 Å². The Balaban J connectivity index is 1.96. The predicted octanol–water partition coefficient (Wildman–Crippen LogP) is 1.90. The summed E-state index contributed by atoms with van der Waals surface area (Å²) < 4.78 is 1.45. The standard InChI is InChI=1S/C19H17N3O3/c1-12-6-8-16(9-7-12)22-18(23)17(13(2)21-22)11-20-15-5-3-4-14(10-15)19(24)25/h3-11,21H,1-2H3,(H,24,25)/p-1. The third kappa shape index (κ3) is 3.42. The quantitative estimate of drug-likeness (QED) is 0.739. The van der Waals surface area contributed by atoms with E-state index in [0.29, 0.717) is 16.9 Å². The number of aryl methyl sites for hydroxylation is 2. The molecule has 0 unspecified atom stereocenters. The Morgan fingerprint density at radius 3 is 2.56 bits per heavy atom. The van der Waals surface area contributed by atoms with Gasteiger partial charge in [-0.15, -0.1) is 0 Å². The first kappa shape index (κ1) is 16.4. The van der Waals surface area contributed by atoms with Crippen LogP contribution in [0, 0.1) is 13.8 Å². The van der Waals surface area contributed by atoms with Crippen LogP contribution in [0.25, 0.3) is 5.69 Å². The fourth-order valence-corrected chi connectivity index (χ4v) is 2.44. The second-order valence-corrected chi connectivity index (χ2v) is 5.72. The Morgan fingerprint density at radius 1 is 1.16 bits per heavy atom. The number of aromatic amines is 1. The summed E-state index contributed by atoms with van der Waals surface area (Å²) in [7, 11) is 0. The molecule has 2 aromatic carbocycles. The molecule has 0 saturated carbocycles. The first-order chi connectivity index (χ1) is 12.0. The number of hydrogen-bond donors (Lipinski definition) is 1. The van der Waals surface area contributed by atoms with E-state index in [9.17, 15) is 14.7 Å². The minimum Gasteiger partial charge on any atom is -0.545 e. The van der Waals surface area contributed by atoms with Crippen LogP contribution in [-0.2, 0) is 0 Å². The molecule has 25 heavy (non-hydrogen) atoms. The lowest BCUT2D eigenvalue weighted by atomic mass is 10.2. The third-order valence-electron chi connectivity index (χ3n) is 3.83. The van der Waals surface area contributed by atoms with Crippen LogP contribution in [0.5, 0.6) is 0 Å². The van der Waals surface area contributed by atoms with Gasteiger partial charge in [0, 0.05) is 11.9 Å². The van der Waals surface area contributed by atoms with Gasteiger partial charge in [0.25, 0.3) is 5.56 Å². The molecule has 1 heterocycles. The molecule has 0 aliphatic heterocycles. The summed E-state index contributed by atoms with van der Waals surface area (Å²) in [6.45, 7) is 3.76. The summed E-state index contributed by atoms with van der Waals surface area (Å²) in [5.74, 6) is -1.27. The molecule has 0 atom stereocenters. The lowest BCUT2D eigenvalue weighted by Crippen LogP contribution is -2.21. The van der Waals surface area contributed by atoms with Gasteiger partial charge in [0.2, 0.25) is 0 Å². The van der Waals surface area contributed by atoms with Crippen LogP contribution in [-0.4, -0.2) is 22.0 Å². The van der Waals surface area contributed by atoms with Gasteiger partial charge in [0.1, 0.15) is 0 Å². The highest BCUT2D eigenvalue weighted by Crippen LogP contribution is 2.14. The minimum atomic E-state index is -1.27. The maximum Gasteiger partial charge on any atom is 0.280 e. The van der Waals surface area contributed by atoms with Crippen LogP contribution in [0.3, 0.4) is 0 Å². The van der Waals surface area contributed by atoms with Crippen molar-refractivity contribution < 1.29 is 9.90 Å². The summed E-state index contributed by atoms with van der Waals surface area (Å²) in [5.41, 5.74) is 3.18. The molecule has 126 valence electrons. The van der Waals surface area contributed by atoms with E-state index in [1.54, 1.807) is 19.1 Å². The van der Waals surface area contributed by atoms with Gasteiger partial charge in [-0.3, -0.25) is 14.9 Å². The van der Waals surface area contributed by atoms with Gasteiger partial charge in [-0.1, -0.05) is 29.8 Å². The second-order valence-electron chi connectivity index (χ2n) is 5.72. The number of rotatable bonds is 4. The number of carbonyl (C=O) groups excluding carboxylic acids is 1. The Kier molecular flexibility index (Phi) is 4.35. The fourth-order valence-electron chi connectivity index (χ4n) is 2.44. The zero-order valence-electron chi connectivity index (χ0n) is 13.8. The molecule has 0 radical (unpaired) electrons. The van der Waals surface area contributed by atoms with Crippen LogP contribution < -0.4 is 10.7 Å². The lowest BCUT2D eigenvalue weighted by Gasteiger charge is -2.02. The van der Waals surface area contributed by atoms with Crippen molar-refractivity contribution >= 4 is 17.9 Å². The van der Waals surface area contributed by atoms with Gasteiger partial charge >= 0.3 is 0 Å². The molecule has 3 rings (SSSR count). The second kappa shape index (κ2) is 6.60. The molecule has 0 aliphatic rings. The molecule has 1 N–H and O–H groups in total. The summed E-state index contributed by atoms with van der Waals surface area (Å²) in [6, 6.07) is 13.6. The monoisotopic (exact) mass is 334 g/mol.